The number of carbonyl (C=O) groups excluding carboxylic acids is 2. The van der Waals surface area contributed by atoms with E-state index in [-0.39, 0.29) is 23.3 Å². The molecule has 3 heterocycles. The van der Waals surface area contributed by atoms with Crippen molar-refractivity contribution >= 4 is 23.5 Å². The van der Waals surface area contributed by atoms with Crippen molar-refractivity contribution in [3.63, 3.8) is 0 Å². The summed E-state index contributed by atoms with van der Waals surface area (Å²) in [6.45, 7) is 8.05. The third kappa shape index (κ3) is 7.14. The molecule has 2 fully saturated rings. The van der Waals surface area contributed by atoms with Crippen LogP contribution in [0, 0.1) is 11.8 Å². The number of amides is 2. The van der Waals surface area contributed by atoms with Gasteiger partial charge in [0.1, 0.15) is 17.7 Å². The number of halogens is 2. The maximum Gasteiger partial charge on any atom is 0.416 e. The Morgan fingerprint density at radius 1 is 1.17 bits per heavy atom. The molecular formula is C30H38F2N6O4. The minimum atomic E-state index is -2.85. The van der Waals surface area contributed by atoms with Crippen molar-refractivity contribution in [1.82, 2.24) is 19.7 Å². The van der Waals surface area contributed by atoms with E-state index in [0.717, 1.165) is 44.9 Å². The number of aromatic nitrogens is 4. The van der Waals surface area contributed by atoms with Gasteiger partial charge in [0.2, 0.25) is 5.89 Å². The second-order valence-electron chi connectivity index (χ2n) is 12.2. The Balaban J connectivity index is 1.31. The van der Waals surface area contributed by atoms with Gasteiger partial charge in [-0.15, -0.1) is 0 Å². The van der Waals surface area contributed by atoms with Gasteiger partial charge < -0.3 is 14.5 Å². The van der Waals surface area contributed by atoms with Crippen LogP contribution < -0.4 is 10.2 Å². The fourth-order valence-corrected chi connectivity index (χ4v) is 5.20. The van der Waals surface area contributed by atoms with Gasteiger partial charge >= 0.3 is 6.09 Å². The average Bonchev–Trinajstić information content (AvgIpc) is 3.45. The molecule has 2 saturated carbocycles. The Bertz CT molecular complexity index is 1400. The molecule has 12 heteroatoms. The number of alkyl halides is 2. The first-order chi connectivity index (χ1) is 20.0. The van der Waals surface area contributed by atoms with Gasteiger partial charge in [0, 0.05) is 24.5 Å². The molecule has 0 saturated heterocycles. The number of hydrogen-bond acceptors (Lipinski definition) is 7. The lowest BCUT2D eigenvalue weighted by Gasteiger charge is -2.27. The van der Waals surface area contributed by atoms with Crippen molar-refractivity contribution in [2.24, 2.45) is 11.8 Å². The fraction of sp³-hybridized carbons (Fsp3) is 0.567. The number of ether oxygens (including phenoxy) is 1. The first-order valence-electron chi connectivity index (χ1n) is 14.6. The Kier molecular flexibility index (Phi) is 8.60. The summed E-state index contributed by atoms with van der Waals surface area (Å²) in [4.78, 5) is 36.1. The summed E-state index contributed by atoms with van der Waals surface area (Å²) < 4.78 is 40.4. The molecule has 42 heavy (non-hydrogen) atoms. The Hall–Kier alpha value is -3.83. The summed E-state index contributed by atoms with van der Waals surface area (Å²) in [5.74, 6) is 0.840. The summed E-state index contributed by atoms with van der Waals surface area (Å²) in [7, 11) is 0. The van der Waals surface area contributed by atoms with Crippen molar-refractivity contribution in [2.45, 2.75) is 90.7 Å². The standard InChI is InChI=1S/C30H38F2N6O4/c1-5-18-8-10-21(11-9-18)38-16-22(25(36-38)26(31)32)34-27(39)23-17-41-28(35-23)20-12-13-33-24(14-20)37(15-19-6-7-19)29(40)42-30(2,3)4/h12-14,16-19,21,26H,5-11,15H2,1-4H3,(H,34,39). The lowest BCUT2D eigenvalue weighted by atomic mass is 9.85. The van der Waals surface area contributed by atoms with Crippen molar-refractivity contribution in [3.8, 4) is 11.5 Å². The SMILES string of the molecule is CCC1CCC(n2cc(NC(=O)c3coc(-c4ccnc(N(CC5CC5)C(=O)OC(C)(C)C)c4)n3)c(C(F)F)n2)CC1. The normalized spacial score (nSPS) is 19.1. The molecule has 2 amide bonds. The molecule has 2 aliphatic carbocycles. The van der Waals surface area contributed by atoms with Gasteiger partial charge in [0.25, 0.3) is 12.3 Å². The molecule has 0 atom stereocenters. The zero-order valence-corrected chi connectivity index (χ0v) is 24.5. The van der Waals surface area contributed by atoms with Gasteiger partial charge in [-0.05, 0) is 83.3 Å². The van der Waals surface area contributed by atoms with Crippen LogP contribution in [0.15, 0.2) is 35.2 Å². The van der Waals surface area contributed by atoms with E-state index in [0.29, 0.717) is 29.8 Å². The number of carbonyl (C=O) groups is 2. The van der Waals surface area contributed by atoms with Gasteiger partial charge in [-0.2, -0.15) is 5.10 Å². The van der Waals surface area contributed by atoms with Crippen molar-refractivity contribution < 1.29 is 27.5 Å². The summed E-state index contributed by atoms with van der Waals surface area (Å²) in [5.41, 5.74) is -0.775. The minimum Gasteiger partial charge on any atom is -0.444 e. The highest BCUT2D eigenvalue weighted by Gasteiger charge is 2.32. The summed E-state index contributed by atoms with van der Waals surface area (Å²) in [5, 5.41) is 6.67. The van der Waals surface area contributed by atoms with Crippen molar-refractivity contribution in [3.05, 3.63) is 42.2 Å². The molecule has 3 aromatic heterocycles. The van der Waals surface area contributed by atoms with E-state index in [9.17, 15) is 18.4 Å². The molecular weight excluding hydrogens is 546 g/mol. The fourth-order valence-electron chi connectivity index (χ4n) is 5.20. The zero-order chi connectivity index (χ0) is 30.0. The lowest BCUT2D eigenvalue weighted by molar-refractivity contribution is 0.0577. The van der Waals surface area contributed by atoms with Crippen LogP contribution in [0.4, 0.5) is 25.1 Å². The molecule has 0 spiro atoms. The van der Waals surface area contributed by atoms with Crippen LogP contribution in [0.2, 0.25) is 0 Å². The quantitative estimate of drug-likeness (QED) is 0.278. The molecule has 0 aliphatic heterocycles. The molecule has 2 aliphatic rings. The maximum atomic E-state index is 13.8. The topological polar surface area (TPSA) is 115 Å². The van der Waals surface area contributed by atoms with Gasteiger partial charge in [-0.25, -0.2) is 23.5 Å². The third-order valence-corrected chi connectivity index (χ3v) is 7.74. The first-order valence-corrected chi connectivity index (χ1v) is 14.6. The summed E-state index contributed by atoms with van der Waals surface area (Å²) >= 11 is 0. The molecule has 0 bridgehead atoms. The Labute approximate surface area is 243 Å². The van der Waals surface area contributed by atoms with E-state index in [2.05, 4.69) is 27.3 Å². The number of rotatable bonds is 9. The Morgan fingerprint density at radius 3 is 2.52 bits per heavy atom. The van der Waals surface area contributed by atoms with Crippen molar-refractivity contribution in [1.29, 1.82) is 0 Å². The van der Waals surface area contributed by atoms with E-state index >= 15 is 0 Å². The predicted octanol–water partition coefficient (Wildman–Crippen LogP) is 7.42. The highest BCUT2D eigenvalue weighted by molar-refractivity contribution is 6.03. The van der Waals surface area contributed by atoms with Gasteiger partial charge in [-0.1, -0.05) is 13.3 Å². The number of nitrogens with one attached hydrogen (secondary N) is 1. The number of pyridine rings is 1. The first kappa shape index (κ1) is 29.7. The van der Waals surface area contributed by atoms with Gasteiger partial charge in [-0.3, -0.25) is 14.4 Å². The van der Waals surface area contributed by atoms with Crippen LogP contribution in [-0.4, -0.2) is 43.9 Å². The molecule has 3 aromatic rings. The van der Waals surface area contributed by atoms with Crippen LogP contribution in [0.1, 0.15) is 101 Å². The second kappa shape index (κ2) is 12.2. The van der Waals surface area contributed by atoms with E-state index in [1.807, 2.05) is 0 Å². The van der Waals surface area contributed by atoms with E-state index < -0.39 is 29.7 Å². The van der Waals surface area contributed by atoms with E-state index in [1.54, 1.807) is 37.6 Å². The molecule has 0 radical (unpaired) electrons. The number of oxazole rings is 1. The third-order valence-electron chi connectivity index (χ3n) is 7.74. The second-order valence-corrected chi connectivity index (χ2v) is 12.2. The Morgan fingerprint density at radius 2 is 1.88 bits per heavy atom. The summed E-state index contributed by atoms with van der Waals surface area (Å²) in [6.07, 6.45) is 7.78. The highest BCUT2D eigenvalue weighted by atomic mass is 19.3. The number of hydrogen-bond donors (Lipinski definition) is 1. The summed E-state index contributed by atoms with van der Waals surface area (Å²) in [6, 6.07) is 3.32. The van der Waals surface area contributed by atoms with Crippen LogP contribution in [0.25, 0.3) is 11.5 Å². The maximum absolute atomic E-state index is 13.8. The highest BCUT2D eigenvalue weighted by Crippen LogP contribution is 2.36. The van der Waals surface area contributed by atoms with Crippen LogP contribution in [0.3, 0.4) is 0 Å². The molecule has 1 N–H and O–H groups in total. The molecule has 226 valence electrons. The molecule has 5 rings (SSSR count). The number of nitrogens with zero attached hydrogens (tertiary/aromatic N) is 5. The zero-order valence-electron chi connectivity index (χ0n) is 24.5. The van der Waals surface area contributed by atoms with E-state index in [4.69, 9.17) is 9.15 Å². The van der Waals surface area contributed by atoms with Crippen LogP contribution in [-0.2, 0) is 4.74 Å². The molecule has 0 unspecified atom stereocenters. The van der Waals surface area contributed by atoms with Gasteiger partial charge in [0.15, 0.2) is 11.4 Å². The molecule has 0 aromatic carbocycles. The van der Waals surface area contributed by atoms with Crippen LogP contribution >= 0.6 is 0 Å². The number of anilines is 2. The largest absolute Gasteiger partial charge is 0.444 e. The van der Waals surface area contributed by atoms with Crippen molar-refractivity contribution in [2.75, 3.05) is 16.8 Å². The minimum absolute atomic E-state index is 0.0238. The average molecular weight is 585 g/mol. The lowest BCUT2D eigenvalue weighted by Crippen LogP contribution is -2.38. The van der Waals surface area contributed by atoms with Gasteiger partial charge in [0.05, 0.1) is 11.7 Å². The van der Waals surface area contributed by atoms with Crippen LogP contribution in [0.5, 0.6) is 0 Å². The smallest absolute Gasteiger partial charge is 0.416 e. The predicted molar refractivity (Wildman–Crippen MR) is 152 cm³/mol. The monoisotopic (exact) mass is 584 g/mol. The van der Waals surface area contributed by atoms with E-state index in [1.165, 1.54) is 23.6 Å². The molecule has 10 nitrogen and oxygen atoms in total.